The molecule has 108 valence electrons. The summed E-state index contributed by atoms with van der Waals surface area (Å²) in [5.74, 6) is 0. The fourth-order valence-corrected chi connectivity index (χ4v) is 3.95. The van der Waals surface area contributed by atoms with E-state index in [0.717, 1.165) is 26.2 Å². The van der Waals surface area contributed by atoms with Crippen LogP contribution in [0.3, 0.4) is 0 Å². The van der Waals surface area contributed by atoms with E-state index in [4.69, 9.17) is 0 Å². The zero-order valence-electron chi connectivity index (χ0n) is 11.0. The van der Waals surface area contributed by atoms with Crippen LogP contribution in [0.25, 0.3) is 0 Å². The van der Waals surface area contributed by atoms with Gasteiger partial charge in [0, 0.05) is 59.3 Å². The third-order valence-electron chi connectivity index (χ3n) is 3.40. The number of nitrogens with one attached hydrogen (secondary N) is 1. The van der Waals surface area contributed by atoms with Crippen molar-refractivity contribution < 1.29 is 0 Å². The number of thiophene rings is 1. The van der Waals surface area contributed by atoms with E-state index in [-0.39, 0.29) is 12.4 Å². The topological polar surface area (TPSA) is 28.2 Å². The first kappa shape index (κ1) is 15.9. The van der Waals surface area contributed by atoms with Crippen molar-refractivity contribution in [2.45, 2.75) is 12.6 Å². The predicted octanol–water partition coefficient (Wildman–Crippen LogP) is 3.47. The molecule has 1 atom stereocenters. The summed E-state index contributed by atoms with van der Waals surface area (Å²) in [6, 6.07) is 6.82. The maximum absolute atomic E-state index is 4.25. The lowest BCUT2D eigenvalue weighted by molar-refractivity contribution is 0.155. The van der Waals surface area contributed by atoms with Crippen LogP contribution in [0.1, 0.15) is 16.5 Å². The molecule has 1 aliphatic rings. The molecular weight excluding hydrogens is 358 g/mol. The molecule has 0 saturated carbocycles. The number of hydrogen-bond acceptors (Lipinski definition) is 4. The highest BCUT2D eigenvalue weighted by molar-refractivity contribution is 9.10. The van der Waals surface area contributed by atoms with E-state index in [2.05, 4.69) is 48.6 Å². The molecule has 1 aliphatic heterocycles. The molecule has 2 aromatic heterocycles. The number of hydrogen-bond donors (Lipinski definition) is 1. The van der Waals surface area contributed by atoms with Crippen molar-refractivity contribution in [1.29, 1.82) is 0 Å². The molecule has 1 saturated heterocycles. The van der Waals surface area contributed by atoms with Crippen LogP contribution < -0.4 is 5.32 Å². The van der Waals surface area contributed by atoms with Gasteiger partial charge in [-0.25, -0.2) is 0 Å². The fourth-order valence-electron chi connectivity index (χ4n) is 2.47. The average molecular weight is 375 g/mol. The summed E-state index contributed by atoms with van der Waals surface area (Å²) in [4.78, 5) is 8.18. The van der Waals surface area contributed by atoms with Crippen LogP contribution in [0.15, 0.2) is 40.4 Å². The van der Waals surface area contributed by atoms with Gasteiger partial charge in [0.25, 0.3) is 0 Å². The molecule has 6 heteroatoms. The van der Waals surface area contributed by atoms with Gasteiger partial charge in [0.1, 0.15) is 0 Å². The molecule has 0 aromatic carbocycles. The summed E-state index contributed by atoms with van der Waals surface area (Å²) in [5.41, 5.74) is 1.30. The minimum atomic E-state index is 0. The minimum absolute atomic E-state index is 0. The van der Waals surface area contributed by atoms with Crippen LogP contribution in [0.4, 0.5) is 0 Å². The monoisotopic (exact) mass is 373 g/mol. The second-order valence-electron chi connectivity index (χ2n) is 4.71. The van der Waals surface area contributed by atoms with Crippen LogP contribution in [0, 0.1) is 0 Å². The summed E-state index contributed by atoms with van der Waals surface area (Å²) in [7, 11) is 0. The first-order chi connectivity index (χ1) is 9.33. The highest BCUT2D eigenvalue weighted by atomic mass is 79.9. The maximum Gasteiger partial charge on any atom is 0.0492 e. The van der Waals surface area contributed by atoms with Gasteiger partial charge in [-0.3, -0.25) is 9.88 Å². The third kappa shape index (κ3) is 3.80. The van der Waals surface area contributed by atoms with E-state index in [9.17, 15) is 0 Å². The Bertz CT molecular complexity index is 534. The molecule has 1 fully saturated rings. The van der Waals surface area contributed by atoms with Gasteiger partial charge in [-0.1, -0.05) is 6.07 Å². The number of pyridine rings is 1. The third-order valence-corrected chi connectivity index (χ3v) is 5.09. The van der Waals surface area contributed by atoms with Gasteiger partial charge >= 0.3 is 0 Å². The van der Waals surface area contributed by atoms with Crippen LogP contribution in [-0.2, 0) is 6.54 Å². The zero-order chi connectivity index (χ0) is 13.1. The second kappa shape index (κ2) is 7.52. The smallest absolute Gasteiger partial charge is 0.0492 e. The van der Waals surface area contributed by atoms with Crippen molar-refractivity contribution in [3.8, 4) is 0 Å². The molecule has 0 amide bonds. The lowest BCUT2D eigenvalue weighted by Crippen LogP contribution is -2.45. The lowest BCUT2D eigenvalue weighted by atomic mass is 10.1. The van der Waals surface area contributed by atoms with Gasteiger partial charge < -0.3 is 5.32 Å². The van der Waals surface area contributed by atoms with E-state index in [1.54, 1.807) is 0 Å². The Morgan fingerprint density at radius 1 is 1.50 bits per heavy atom. The van der Waals surface area contributed by atoms with Crippen molar-refractivity contribution >= 4 is 39.7 Å². The van der Waals surface area contributed by atoms with Gasteiger partial charge in [-0.15, -0.1) is 23.7 Å². The van der Waals surface area contributed by atoms with E-state index in [1.165, 1.54) is 14.9 Å². The molecule has 0 aliphatic carbocycles. The minimum Gasteiger partial charge on any atom is -0.314 e. The number of halogens is 2. The lowest BCUT2D eigenvalue weighted by Gasteiger charge is -2.36. The molecular formula is C14H17BrClN3S. The molecule has 2 aromatic rings. The highest BCUT2D eigenvalue weighted by Crippen LogP contribution is 2.27. The SMILES string of the molecule is Brc1csc(CN2CCNCC2c2cccnc2)c1.Cl. The summed E-state index contributed by atoms with van der Waals surface area (Å²) in [5, 5.41) is 5.63. The first-order valence-corrected chi connectivity index (χ1v) is 8.08. The second-order valence-corrected chi connectivity index (χ2v) is 6.62. The van der Waals surface area contributed by atoms with E-state index < -0.39 is 0 Å². The van der Waals surface area contributed by atoms with Crippen LogP contribution in [-0.4, -0.2) is 29.5 Å². The Labute approximate surface area is 137 Å². The van der Waals surface area contributed by atoms with Crippen molar-refractivity contribution in [1.82, 2.24) is 15.2 Å². The Morgan fingerprint density at radius 3 is 3.10 bits per heavy atom. The van der Waals surface area contributed by atoms with Crippen LogP contribution in [0.2, 0.25) is 0 Å². The molecule has 3 nitrogen and oxygen atoms in total. The molecule has 3 heterocycles. The number of rotatable bonds is 3. The molecule has 1 N–H and O–H groups in total. The maximum atomic E-state index is 4.25. The largest absolute Gasteiger partial charge is 0.314 e. The van der Waals surface area contributed by atoms with Crippen molar-refractivity contribution in [3.63, 3.8) is 0 Å². The summed E-state index contributed by atoms with van der Waals surface area (Å²) >= 11 is 5.34. The Morgan fingerprint density at radius 2 is 2.40 bits per heavy atom. The number of piperazine rings is 1. The molecule has 0 radical (unpaired) electrons. The zero-order valence-corrected chi connectivity index (χ0v) is 14.2. The normalized spacial score (nSPS) is 19.6. The van der Waals surface area contributed by atoms with Crippen molar-refractivity contribution in [3.05, 3.63) is 50.9 Å². The van der Waals surface area contributed by atoms with Gasteiger partial charge in [-0.2, -0.15) is 0 Å². The van der Waals surface area contributed by atoms with Gasteiger partial charge in [0.2, 0.25) is 0 Å². The predicted molar refractivity (Wildman–Crippen MR) is 89.5 cm³/mol. The molecule has 3 rings (SSSR count). The summed E-state index contributed by atoms with van der Waals surface area (Å²) < 4.78 is 1.18. The standard InChI is InChI=1S/C14H16BrN3S.ClH/c15-12-6-13(19-10-12)9-18-5-4-17-8-14(18)11-2-1-3-16-7-11;/h1-3,6-7,10,14,17H,4-5,8-9H2;1H. The molecule has 0 spiro atoms. The van der Waals surface area contributed by atoms with E-state index in [1.807, 2.05) is 29.8 Å². The first-order valence-electron chi connectivity index (χ1n) is 6.40. The summed E-state index contributed by atoms with van der Waals surface area (Å²) in [6.45, 7) is 4.15. The van der Waals surface area contributed by atoms with Crippen molar-refractivity contribution in [2.24, 2.45) is 0 Å². The molecule has 1 unspecified atom stereocenters. The Balaban J connectivity index is 0.00000147. The molecule has 20 heavy (non-hydrogen) atoms. The Hall–Kier alpha value is -0.460. The fraction of sp³-hybridized carbons (Fsp3) is 0.357. The van der Waals surface area contributed by atoms with Gasteiger partial charge in [0.05, 0.1) is 0 Å². The van der Waals surface area contributed by atoms with Crippen molar-refractivity contribution in [2.75, 3.05) is 19.6 Å². The number of aromatic nitrogens is 1. The number of nitrogens with zero attached hydrogens (tertiary/aromatic N) is 2. The average Bonchev–Trinajstić information content (AvgIpc) is 2.86. The van der Waals surface area contributed by atoms with Crippen LogP contribution >= 0.6 is 39.7 Å². The van der Waals surface area contributed by atoms with Gasteiger partial charge in [0.15, 0.2) is 0 Å². The Kier molecular flexibility index (Phi) is 5.99. The summed E-state index contributed by atoms with van der Waals surface area (Å²) in [6.07, 6.45) is 3.81. The highest BCUT2D eigenvalue weighted by Gasteiger charge is 2.24. The van der Waals surface area contributed by atoms with E-state index in [0.29, 0.717) is 6.04 Å². The molecule has 0 bridgehead atoms. The van der Waals surface area contributed by atoms with Crippen LogP contribution in [0.5, 0.6) is 0 Å². The van der Waals surface area contributed by atoms with Gasteiger partial charge in [-0.05, 0) is 33.6 Å². The quantitative estimate of drug-likeness (QED) is 0.891. The van der Waals surface area contributed by atoms with E-state index >= 15 is 0 Å².